The molecule has 0 aliphatic rings. The Labute approximate surface area is 275 Å². The molecule has 0 radical (unpaired) electrons. The lowest BCUT2D eigenvalue weighted by Gasteiger charge is -2.28. The molecule has 47 heavy (non-hydrogen) atoms. The summed E-state index contributed by atoms with van der Waals surface area (Å²) in [6.07, 6.45) is 0. The number of hydrogen-bond acceptors (Lipinski definition) is 4. The second kappa shape index (κ2) is 10.8. The second-order valence-electron chi connectivity index (χ2n) is 13.4. The summed E-state index contributed by atoms with van der Waals surface area (Å²) in [5.41, 5.74) is 14.8. The van der Waals surface area contributed by atoms with Crippen molar-refractivity contribution in [1.29, 1.82) is 0 Å². The average Bonchev–Trinajstić information content (AvgIpc) is 3.07. The maximum atomic E-state index is 5.14. The van der Waals surface area contributed by atoms with E-state index in [-0.39, 0.29) is 5.41 Å². The highest BCUT2D eigenvalue weighted by atomic mass is 14.8. The van der Waals surface area contributed by atoms with Gasteiger partial charge in [0.05, 0.1) is 33.5 Å². The maximum Gasteiger partial charge on any atom is 0.0972 e. The Hall–Kier alpha value is -5.48. The van der Waals surface area contributed by atoms with Crippen molar-refractivity contribution in [3.8, 4) is 22.5 Å². The Morgan fingerprint density at radius 1 is 0.383 bits per heavy atom. The molecule has 8 rings (SSSR count). The van der Waals surface area contributed by atoms with Crippen LogP contribution < -0.4 is 0 Å². The molecular weight excluding hydrogens is 573 g/mol. The first kappa shape index (κ1) is 29.0. The summed E-state index contributed by atoms with van der Waals surface area (Å²) < 4.78 is 0. The van der Waals surface area contributed by atoms with Crippen molar-refractivity contribution < 1.29 is 0 Å². The third-order valence-corrected chi connectivity index (χ3v) is 9.77. The van der Waals surface area contributed by atoms with Crippen molar-refractivity contribution in [2.24, 2.45) is 0 Å². The summed E-state index contributed by atoms with van der Waals surface area (Å²) in [4.78, 5) is 20.0. The van der Waals surface area contributed by atoms with Crippen molar-refractivity contribution in [3.05, 3.63) is 143 Å². The molecule has 0 aliphatic heterocycles. The number of hydrogen-bond donors (Lipinski definition) is 0. The third kappa shape index (κ3) is 4.92. The van der Waals surface area contributed by atoms with E-state index in [1.165, 1.54) is 22.3 Å². The molecule has 4 aromatic carbocycles. The highest BCUT2D eigenvalue weighted by molar-refractivity contribution is 6.04. The van der Waals surface area contributed by atoms with E-state index in [2.05, 4.69) is 137 Å². The Kier molecular flexibility index (Phi) is 6.66. The minimum Gasteiger partial charge on any atom is -0.251 e. The van der Waals surface area contributed by atoms with Gasteiger partial charge < -0.3 is 0 Å². The van der Waals surface area contributed by atoms with Crippen LogP contribution >= 0.6 is 0 Å². The third-order valence-electron chi connectivity index (χ3n) is 9.77. The fourth-order valence-corrected chi connectivity index (χ4v) is 6.88. The summed E-state index contributed by atoms with van der Waals surface area (Å²) in [5.74, 6) is 0. The van der Waals surface area contributed by atoms with E-state index in [0.717, 1.165) is 77.5 Å². The highest BCUT2D eigenvalue weighted by Gasteiger charge is 2.25. The standard InChI is InChI=1S/C43H36N4/c1-25-23-33(17-19-35(25)37-21-15-31-13-11-29-9-7-27(3)44-39(29)41(31)46-37)43(5,6)34-18-20-36(26(2)24-34)38-22-16-32-14-12-30-10-8-28(4)45-40(30)42(32)47-38/h7-24H,1-6H3. The molecule has 0 unspecified atom stereocenters. The van der Waals surface area contributed by atoms with Gasteiger partial charge >= 0.3 is 0 Å². The van der Waals surface area contributed by atoms with Crippen LogP contribution in [0.15, 0.2) is 109 Å². The zero-order valence-corrected chi connectivity index (χ0v) is 27.7. The van der Waals surface area contributed by atoms with Crippen LogP contribution in [-0.2, 0) is 5.41 Å². The maximum absolute atomic E-state index is 5.14. The molecule has 8 aromatic rings. The Morgan fingerprint density at radius 3 is 1.11 bits per heavy atom. The van der Waals surface area contributed by atoms with E-state index in [0.29, 0.717) is 0 Å². The van der Waals surface area contributed by atoms with Gasteiger partial charge in [-0.2, -0.15) is 0 Å². The summed E-state index contributed by atoms with van der Waals surface area (Å²) in [6.45, 7) is 13.0. The van der Waals surface area contributed by atoms with Gasteiger partial charge in [0.25, 0.3) is 0 Å². The topological polar surface area (TPSA) is 51.6 Å². The quantitative estimate of drug-likeness (QED) is 0.187. The van der Waals surface area contributed by atoms with Gasteiger partial charge in [0.2, 0.25) is 0 Å². The highest BCUT2D eigenvalue weighted by Crippen LogP contribution is 2.37. The molecule has 4 nitrogen and oxygen atoms in total. The lowest BCUT2D eigenvalue weighted by atomic mass is 9.76. The number of pyridine rings is 4. The SMILES string of the molecule is Cc1ccc2ccc3ccc(-c4ccc(C(C)(C)c5ccc(-c6ccc7ccc8ccc(C)nc8c7n6)c(C)c5)cc4C)nc3c2n1. The number of aryl methyl sites for hydroxylation is 4. The predicted molar refractivity (Wildman–Crippen MR) is 196 cm³/mol. The van der Waals surface area contributed by atoms with Crippen LogP contribution in [0.5, 0.6) is 0 Å². The first-order valence-corrected chi connectivity index (χ1v) is 16.2. The van der Waals surface area contributed by atoms with Crippen molar-refractivity contribution >= 4 is 43.6 Å². The molecule has 0 aliphatic carbocycles. The van der Waals surface area contributed by atoms with Crippen LogP contribution in [0.25, 0.3) is 66.1 Å². The van der Waals surface area contributed by atoms with E-state index in [9.17, 15) is 0 Å². The van der Waals surface area contributed by atoms with Crippen LogP contribution in [0.4, 0.5) is 0 Å². The molecule has 0 saturated heterocycles. The molecular formula is C43H36N4. The van der Waals surface area contributed by atoms with Crippen LogP contribution in [0.2, 0.25) is 0 Å². The minimum atomic E-state index is -0.199. The Bertz CT molecular complexity index is 2370. The van der Waals surface area contributed by atoms with Crippen molar-refractivity contribution in [2.75, 3.05) is 0 Å². The number of rotatable bonds is 4. The van der Waals surface area contributed by atoms with Crippen molar-refractivity contribution in [1.82, 2.24) is 19.9 Å². The van der Waals surface area contributed by atoms with Gasteiger partial charge in [-0.15, -0.1) is 0 Å². The van der Waals surface area contributed by atoms with Gasteiger partial charge in [0.1, 0.15) is 0 Å². The van der Waals surface area contributed by atoms with E-state index >= 15 is 0 Å². The summed E-state index contributed by atoms with van der Waals surface area (Å²) in [7, 11) is 0. The first-order valence-electron chi connectivity index (χ1n) is 16.2. The van der Waals surface area contributed by atoms with E-state index in [1.807, 2.05) is 13.8 Å². The van der Waals surface area contributed by atoms with Gasteiger partial charge in [-0.1, -0.05) is 98.8 Å². The molecule has 0 spiro atoms. The summed E-state index contributed by atoms with van der Waals surface area (Å²) in [6, 6.07) is 39.1. The Morgan fingerprint density at radius 2 is 0.723 bits per heavy atom. The lowest BCUT2D eigenvalue weighted by Crippen LogP contribution is -2.19. The van der Waals surface area contributed by atoms with Crippen LogP contribution in [0.1, 0.15) is 47.5 Å². The minimum absolute atomic E-state index is 0.199. The van der Waals surface area contributed by atoms with E-state index in [4.69, 9.17) is 19.9 Å². The van der Waals surface area contributed by atoms with Gasteiger partial charge in [-0.05, 0) is 74.2 Å². The number of nitrogens with zero attached hydrogens (tertiary/aromatic N) is 4. The normalized spacial score (nSPS) is 12.0. The first-order chi connectivity index (χ1) is 22.7. The fourth-order valence-electron chi connectivity index (χ4n) is 6.88. The van der Waals surface area contributed by atoms with Gasteiger partial charge in [0.15, 0.2) is 0 Å². The number of aromatic nitrogens is 4. The predicted octanol–water partition coefficient (Wildman–Crippen LogP) is 10.8. The largest absolute Gasteiger partial charge is 0.251 e. The zero-order chi connectivity index (χ0) is 32.4. The van der Waals surface area contributed by atoms with Gasteiger partial charge in [0, 0.05) is 49.5 Å². The van der Waals surface area contributed by atoms with Gasteiger partial charge in [-0.3, -0.25) is 9.97 Å². The van der Waals surface area contributed by atoms with E-state index < -0.39 is 0 Å². The molecule has 4 aromatic heterocycles. The lowest BCUT2D eigenvalue weighted by molar-refractivity contribution is 0.640. The Balaban J connectivity index is 1.14. The van der Waals surface area contributed by atoms with Crippen molar-refractivity contribution in [3.63, 3.8) is 0 Å². The fraction of sp³-hybridized carbons (Fsp3) is 0.163. The molecule has 228 valence electrons. The number of benzene rings is 4. The molecule has 0 amide bonds. The van der Waals surface area contributed by atoms with Crippen LogP contribution in [0.3, 0.4) is 0 Å². The average molecular weight is 609 g/mol. The molecule has 0 N–H and O–H groups in total. The molecule has 4 heteroatoms. The van der Waals surface area contributed by atoms with Crippen LogP contribution in [0, 0.1) is 27.7 Å². The summed E-state index contributed by atoms with van der Waals surface area (Å²) >= 11 is 0. The van der Waals surface area contributed by atoms with Crippen LogP contribution in [-0.4, -0.2) is 19.9 Å². The zero-order valence-electron chi connectivity index (χ0n) is 27.7. The molecule has 0 fully saturated rings. The smallest absolute Gasteiger partial charge is 0.0972 e. The summed E-state index contributed by atoms with van der Waals surface area (Å²) in [5, 5.41) is 4.43. The van der Waals surface area contributed by atoms with Crippen molar-refractivity contribution in [2.45, 2.75) is 47.0 Å². The molecule has 0 atom stereocenters. The molecule has 0 bridgehead atoms. The second-order valence-corrected chi connectivity index (χ2v) is 13.4. The molecule has 0 saturated carbocycles. The molecule has 4 heterocycles. The van der Waals surface area contributed by atoms with E-state index in [1.54, 1.807) is 0 Å². The number of fused-ring (bicyclic) bond motifs is 6. The van der Waals surface area contributed by atoms with Gasteiger partial charge in [-0.25, -0.2) is 9.97 Å². The monoisotopic (exact) mass is 608 g/mol.